The molecule has 0 aromatic heterocycles. The minimum atomic E-state index is -0.686. The minimum Gasteiger partial charge on any atom is -0.444 e. The Morgan fingerprint density at radius 3 is 2.75 bits per heavy atom. The standard InChI is InChI=1S/C18H21N3O3/c1-18(2,3)24-17(23)20-14-8-7-11-5-4-6-12-9-13(10-19)21(15(11)12)16(14)22/h4-6,13-14H,7-9H2,1-3H3,(H,20,23)/t13-,14?/m0/s1. The summed E-state index contributed by atoms with van der Waals surface area (Å²) < 4.78 is 5.26. The van der Waals surface area contributed by atoms with Gasteiger partial charge in [0.2, 0.25) is 0 Å². The van der Waals surface area contributed by atoms with Crippen LogP contribution in [0.1, 0.15) is 38.3 Å². The molecular formula is C18H21N3O3. The largest absolute Gasteiger partial charge is 0.444 e. The molecule has 0 spiro atoms. The van der Waals surface area contributed by atoms with E-state index in [1.807, 2.05) is 18.2 Å². The van der Waals surface area contributed by atoms with Crippen LogP contribution in [0.5, 0.6) is 0 Å². The normalized spacial score (nSPS) is 22.4. The van der Waals surface area contributed by atoms with Gasteiger partial charge >= 0.3 is 6.09 Å². The van der Waals surface area contributed by atoms with E-state index in [0.717, 1.165) is 16.8 Å². The van der Waals surface area contributed by atoms with Crippen molar-refractivity contribution in [3.05, 3.63) is 29.3 Å². The van der Waals surface area contributed by atoms with Crippen molar-refractivity contribution in [3.63, 3.8) is 0 Å². The van der Waals surface area contributed by atoms with E-state index in [0.29, 0.717) is 19.3 Å². The van der Waals surface area contributed by atoms with Gasteiger partial charge in [-0.2, -0.15) is 5.26 Å². The Bertz CT molecular complexity index is 730. The van der Waals surface area contributed by atoms with Crippen molar-refractivity contribution in [2.75, 3.05) is 4.90 Å². The number of hydrogen-bond donors (Lipinski definition) is 1. The molecule has 2 amide bonds. The molecule has 1 aromatic rings. The highest BCUT2D eigenvalue weighted by Gasteiger charge is 2.41. The predicted octanol–water partition coefficient (Wildman–Crippen LogP) is 2.31. The van der Waals surface area contributed by atoms with Crippen molar-refractivity contribution < 1.29 is 14.3 Å². The molecule has 0 saturated carbocycles. The second-order valence-electron chi connectivity index (χ2n) is 7.22. The number of nitriles is 1. The SMILES string of the molecule is CC(C)(C)OC(=O)NC1CCc2cccc3c2N(C1=O)[C@H](C#N)C3. The Morgan fingerprint density at radius 2 is 2.08 bits per heavy atom. The molecule has 3 rings (SSSR count). The van der Waals surface area contributed by atoms with Crippen molar-refractivity contribution in [1.29, 1.82) is 5.26 Å². The molecule has 2 heterocycles. The van der Waals surface area contributed by atoms with E-state index in [4.69, 9.17) is 4.74 Å². The average Bonchev–Trinajstić information content (AvgIpc) is 2.81. The summed E-state index contributed by atoms with van der Waals surface area (Å²) in [5, 5.41) is 12.1. The van der Waals surface area contributed by atoms with Crippen molar-refractivity contribution in [1.82, 2.24) is 5.32 Å². The second-order valence-corrected chi connectivity index (χ2v) is 7.22. The van der Waals surface area contributed by atoms with Crippen molar-refractivity contribution in [2.45, 2.75) is 57.7 Å². The first-order valence-electron chi connectivity index (χ1n) is 8.13. The monoisotopic (exact) mass is 327 g/mol. The Balaban J connectivity index is 1.87. The smallest absolute Gasteiger partial charge is 0.408 e. The lowest BCUT2D eigenvalue weighted by Crippen LogP contribution is -2.51. The molecule has 1 aromatic carbocycles. The number of hydrogen-bond acceptors (Lipinski definition) is 4. The predicted molar refractivity (Wildman–Crippen MR) is 88.5 cm³/mol. The van der Waals surface area contributed by atoms with E-state index in [1.54, 1.807) is 25.7 Å². The number of para-hydroxylation sites is 1. The zero-order chi connectivity index (χ0) is 17.5. The third-order valence-electron chi connectivity index (χ3n) is 4.25. The topological polar surface area (TPSA) is 82.4 Å². The number of amides is 2. The van der Waals surface area contributed by atoms with Gasteiger partial charge in [0, 0.05) is 6.42 Å². The van der Waals surface area contributed by atoms with Gasteiger partial charge in [-0.3, -0.25) is 9.69 Å². The third-order valence-corrected chi connectivity index (χ3v) is 4.25. The second kappa shape index (κ2) is 5.82. The van der Waals surface area contributed by atoms with Crippen LogP contribution in [0.25, 0.3) is 0 Å². The number of ether oxygens (including phenoxy) is 1. The lowest BCUT2D eigenvalue weighted by molar-refractivity contribution is -0.120. The van der Waals surface area contributed by atoms with Crippen LogP contribution in [-0.2, 0) is 22.4 Å². The molecule has 0 fully saturated rings. The number of carbonyl (C=O) groups excluding carboxylic acids is 2. The van der Waals surface area contributed by atoms with Gasteiger partial charge < -0.3 is 10.1 Å². The number of nitrogens with zero attached hydrogens (tertiary/aromatic N) is 2. The number of anilines is 1. The van der Waals surface area contributed by atoms with E-state index in [9.17, 15) is 14.9 Å². The molecule has 2 aliphatic rings. The molecule has 6 nitrogen and oxygen atoms in total. The highest BCUT2D eigenvalue weighted by Crippen LogP contribution is 2.38. The zero-order valence-corrected chi connectivity index (χ0v) is 14.1. The number of aryl methyl sites for hydroxylation is 1. The van der Waals surface area contributed by atoms with Gasteiger partial charge in [-0.1, -0.05) is 18.2 Å². The quantitative estimate of drug-likeness (QED) is 0.858. The maximum absolute atomic E-state index is 12.9. The van der Waals surface area contributed by atoms with Gasteiger partial charge in [-0.05, 0) is 44.7 Å². The van der Waals surface area contributed by atoms with Crippen LogP contribution in [0.3, 0.4) is 0 Å². The van der Waals surface area contributed by atoms with E-state index in [1.165, 1.54) is 0 Å². The summed E-state index contributed by atoms with van der Waals surface area (Å²) in [4.78, 5) is 26.6. The Morgan fingerprint density at radius 1 is 1.38 bits per heavy atom. The number of nitrogens with one attached hydrogen (secondary N) is 1. The number of rotatable bonds is 1. The van der Waals surface area contributed by atoms with Crippen molar-refractivity contribution in [2.24, 2.45) is 0 Å². The fraction of sp³-hybridized carbons (Fsp3) is 0.500. The van der Waals surface area contributed by atoms with E-state index < -0.39 is 23.8 Å². The molecule has 6 heteroatoms. The summed E-state index contributed by atoms with van der Waals surface area (Å²) in [7, 11) is 0. The molecule has 1 unspecified atom stereocenters. The van der Waals surface area contributed by atoms with Gasteiger partial charge in [0.1, 0.15) is 17.7 Å². The molecule has 0 saturated heterocycles. The molecule has 126 valence electrons. The number of carbonyl (C=O) groups is 2. The first kappa shape index (κ1) is 16.3. The van der Waals surface area contributed by atoms with Gasteiger partial charge in [0.15, 0.2) is 0 Å². The van der Waals surface area contributed by atoms with Crippen LogP contribution in [0, 0.1) is 11.3 Å². The molecule has 2 aliphatic heterocycles. The highest BCUT2D eigenvalue weighted by molar-refractivity contribution is 6.02. The average molecular weight is 327 g/mol. The van der Waals surface area contributed by atoms with Crippen molar-refractivity contribution >= 4 is 17.7 Å². The zero-order valence-electron chi connectivity index (χ0n) is 14.1. The maximum Gasteiger partial charge on any atom is 0.408 e. The van der Waals surface area contributed by atoms with Crippen LogP contribution < -0.4 is 10.2 Å². The van der Waals surface area contributed by atoms with E-state index >= 15 is 0 Å². The van der Waals surface area contributed by atoms with Gasteiger partial charge in [-0.15, -0.1) is 0 Å². The lowest BCUT2D eigenvalue weighted by atomic mass is 10.0. The molecule has 0 aliphatic carbocycles. The third kappa shape index (κ3) is 2.94. The molecule has 0 bridgehead atoms. The first-order chi connectivity index (χ1) is 11.3. The van der Waals surface area contributed by atoms with Crippen LogP contribution in [-0.4, -0.2) is 29.7 Å². The van der Waals surface area contributed by atoms with Gasteiger partial charge in [-0.25, -0.2) is 4.79 Å². The van der Waals surface area contributed by atoms with Gasteiger partial charge in [0.05, 0.1) is 11.8 Å². The molecule has 24 heavy (non-hydrogen) atoms. The summed E-state index contributed by atoms with van der Waals surface area (Å²) in [6, 6.07) is 6.89. The molecule has 2 atom stereocenters. The van der Waals surface area contributed by atoms with Crippen LogP contribution in [0.15, 0.2) is 18.2 Å². The summed E-state index contributed by atoms with van der Waals surface area (Å²) >= 11 is 0. The Hall–Kier alpha value is -2.55. The van der Waals surface area contributed by atoms with E-state index in [-0.39, 0.29) is 5.91 Å². The lowest BCUT2D eigenvalue weighted by Gasteiger charge is -2.26. The van der Waals surface area contributed by atoms with Crippen molar-refractivity contribution in [3.8, 4) is 6.07 Å². The number of benzene rings is 1. The summed E-state index contributed by atoms with van der Waals surface area (Å²) in [5.74, 6) is -0.240. The van der Waals surface area contributed by atoms with E-state index in [2.05, 4.69) is 11.4 Å². The minimum absolute atomic E-state index is 0.240. The van der Waals surface area contributed by atoms with Gasteiger partial charge in [0.25, 0.3) is 5.91 Å². The molecule has 1 N–H and O–H groups in total. The van der Waals surface area contributed by atoms with Crippen LogP contribution >= 0.6 is 0 Å². The summed E-state index contributed by atoms with van der Waals surface area (Å²) in [6.07, 6.45) is 1.08. The first-order valence-corrected chi connectivity index (χ1v) is 8.13. The Kier molecular flexibility index (Phi) is 3.96. The van der Waals surface area contributed by atoms with Crippen LogP contribution in [0.4, 0.5) is 10.5 Å². The number of alkyl carbamates (subject to hydrolysis) is 1. The summed E-state index contributed by atoms with van der Waals surface area (Å²) in [5.41, 5.74) is 2.29. The Labute approximate surface area is 141 Å². The summed E-state index contributed by atoms with van der Waals surface area (Å²) in [6.45, 7) is 5.32. The fourth-order valence-corrected chi connectivity index (χ4v) is 3.32. The fourth-order valence-electron chi connectivity index (χ4n) is 3.32. The van der Waals surface area contributed by atoms with Crippen LogP contribution in [0.2, 0.25) is 0 Å². The highest BCUT2D eigenvalue weighted by atomic mass is 16.6. The molecular weight excluding hydrogens is 306 g/mol. The molecule has 0 radical (unpaired) electrons. The maximum atomic E-state index is 12.9.